The van der Waals surface area contributed by atoms with Crippen LogP contribution in [0.15, 0.2) is 24.3 Å². The molecule has 7 rings (SSSR count). The lowest BCUT2D eigenvalue weighted by atomic mass is 9.76. The highest BCUT2D eigenvalue weighted by molar-refractivity contribution is 7.19. The summed E-state index contributed by atoms with van der Waals surface area (Å²) in [5.74, 6) is 3.69. The minimum Gasteiger partial charge on any atom is -0.346 e. The van der Waals surface area contributed by atoms with Gasteiger partial charge in [0.2, 0.25) is 5.91 Å². The van der Waals surface area contributed by atoms with Gasteiger partial charge in [-0.05, 0) is 145 Å². The topological polar surface area (TPSA) is 53.2 Å². The first-order chi connectivity index (χ1) is 21.2. The predicted molar refractivity (Wildman–Crippen MR) is 182 cm³/mol. The van der Waals surface area contributed by atoms with E-state index in [1.54, 1.807) is 0 Å². The quantitative estimate of drug-likeness (QED) is 0.262. The summed E-state index contributed by atoms with van der Waals surface area (Å²) in [7, 11) is 0. The van der Waals surface area contributed by atoms with Gasteiger partial charge >= 0.3 is 0 Å². The van der Waals surface area contributed by atoms with Crippen LogP contribution in [-0.2, 0) is 21.4 Å². The van der Waals surface area contributed by atoms with Crippen LogP contribution in [-0.4, -0.2) is 34.7 Å². The summed E-state index contributed by atoms with van der Waals surface area (Å²) in [6, 6.07) is 9.27. The fraction of sp³-hybridized carbons (Fsp3) is 0.641. The summed E-state index contributed by atoms with van der Waals surface area (Å²) in [5, 5.41) is 1.33. The molecule has 0 unspecified atom stereocenters. The number of ketones is 1. The van der Waals surface area contributed by atoms with Crippen molar-refractivity contribution in [1.29, 1.82) is 0 Å². The summed E-state index contributed by atoms with van der Waals surface area (Å²) in [4.78, 5) is 35.2. The van der Waals surface area contributed by atoms with Gasteiger partial charge in [0.1, 0.15) is 10.6 Å². The fourth-order valence-corrected chi connectivity index (χ4v) is 10.8. The molecule has 44 heavy (non-hydrogen) atoms. The Bertz CT molecular complexity index is 1490. The van der Waals surface area contributed by atoms with Crippen LogP contribution >= 0.6 is 11.3 Å². The maximum Gasteiger partial charge on any atom is 0.222 e. The predicted octanol–water partition coefficient (Wildman–Crippen LogP) is 9.55. The smallest absolute Gasteiger partial charge is 0.222 e. The molecular weight excluding hydrogens is 561 g/mol. The fourth-order valence-electron chi connectivity index (χ4n) is 9.59. The molecule has 1 aromatic carbocycles. The number of nitrogens with one attached hydrogen (secondary N) is 1. The van der Waals surface area contributed by atoms with Crippen molar-refractivity contribution in [2.45, 2.75) is 117 Å². The molecular formula is C39H52N2O2S. The molecule has 5 heteroatoms. The summed E-state index contributed by atoms with van der Waals surface area (Å²) >= 11 is 1.82. The number of H-pyrrole nitrogens is 1. The van der Waals surface area contributed by atoms with E-state index in [-0.39, 0.29) is 5.92 Å². The average Bonchev–Trinajstić information content (AvgIpc) is 3.83. The van der Waals surface area contributed by atoms with Crippen molar-refractivity contribution in [3.05, 3.63) is 45.8 Å². The van der Waals surface area contributed by atoms with Gasteiger partial charge in [-0.2, -0.15) is 0 Å². The van der Waals surface area contributed by atoms with E-state index in [2.05, 4.69) is 61.8 Å². The summed E-state index contributed by atoms with van der Waals surface area (Å²) < 4.78 is 0. The van der Waals surface area contributed by atoms with Gasteiger partial charge in [-0.3, -0.25) is 9.59 Å². The number of rotatable bonds is 9. The van der Waals surface area contributed by atoms with Crippen LogP contribution in [0.4, 0.5) is 0 Å². The minimum absolute atomic E-state index is 0.275. The Kier molecular flexibility index (Phi) is 8.31. The molecule has 1 N–H and O–H groups in total. The second-order valence-electron chi connectivity index (χ2n) is 15.6. The zero-order valence-corrected chi connectivity index (χ0v) is 28.3. The van der Waals surface area contributed by atoms with Crippen molar-refractivity contribution < 1.29 is 9.59 Å². The highest BCUT2D eigenvalue weighted by atomic mass is 32.1. The van der Waals surface area contributed by atoms with Crippen molar-refractivity contribution in [3.8, 4) is 11.3 Å². The molecule has 4 fully saturated rings. The lowest BCUT2D eigenvalue weighted by Crippen LogP contribution is -2.36. The van der Waals surface area contributed by atoms with Crippen LogP contribution in [0.2, 0.25) is 0 Å². The third-order valence-corrected chi connectivity index (χ3v) is 13.5. The van der Waals surface area contributed by atoms with Crippen molar-refractivity contribution in [2.24, 2.45) is 29.6 Å². The SMILES string of the molecule is Cc1cc(C)cc(-c2[nH]c3sc(C(C)(C)C(=O)C4C5CCC4CC5)cc3c2CCC2CCC(CC(=O)N3CCCC3)CC2)c1. The maximum absolute atomic E-state index is 14.0. The zero-order chi connectivity index (χ0) is 30.6. The number of thiophene rings is 1. The lowest BCUT2D eigenvalue weighted by Gasteiger charge is -2.29. The number of amides is 1. The molecule has 4 aliphatic rings. The number of nitrogens with zero attached hydrogens (tertiary/aromatic N) is 1. The molecule has 2 bridgehead atoms. The Balaban J connectivity index is 1.10. The highest BCUT2D eigenvalue weighted by Gasteiger charge is 2.50. The van der Waals surface area contributed by atoms with E-state index in [4.69, 9.17) is 0 Å². The molecule has 2 aromatic heterocycles. The van der Waals surface area contributed by atoms with E-state index < -0.39 is 5.41 Å². The van der Waals surface area contributed by atoms with Crippen molar-refractivity contribution in [1.82, 2.24) is 9.88 Å². The number of benzene rings is 1. The average molecular weight is 613 g/mol. The first kappa shape index (κ1) is 30.3. The summed E-state index contributed by atoms with van der Waals surface area (Å²) in [6.45, 7) is 10.7. The lowest BCUT2D eigenvalue weighted by molar-refractivity contribution is -0.131. The number of hydrogen-bond donors (Lipinski definition) is 1. The Hall–Kier alpha value is -2.40. The van der Waals surface area contributed by atoms with Crippen LogP contribution in [0, 0.1) is 43.4 Å². The number of carbonyl (C=O) groups excluding carboxylic acids is 2. The molecule has 0 radical (unpaired) electrons. The van der Waals surface area contributed by atoms with Crippen molar-refractivity contribution in [2.75, 3.05) is 13.1 Å². The van der Waals surface area contributed by atoms with Gasteiger partial charge in [0, 0.05) is 35.7 Å². The van der Waals surface area contributed by atoms with Gasteiger partial charge in [-0.15, -0.1) is 11.3 Å². The second-order valence-corrected chi connectivity index (χ2v) is 16.7. The minimum atomic E-state index is -0.442. The van der Waals surface area contributed by atoms with Crippen LogP contribution in [0.3, 0.4) is 0 Å². The molecule has 1 amide bonds. The normalized spacial score (nSPS) is 27.1. The molecule has 4 nitrogen and oxygen atoms in total. The van der Waals surface area contributed by atoms with E-state index in [1.807, 2.05) is 11.3 Å². The van der Waals surface area contributed by atoms with E-state index in [0.29, 0.717) is 29.4 Å². The number of likely N-dealkylation sites (tertiary alicyclic amines) is 1. The molecule has 0 atom stereocenters. The van der Waals surface area contributed by atoms with Gasteiger partial charge in [-0.25, -0.2) is 0 Å². The number of fused-ring (bicyclic) bond motifs is 3. The number of aromatic amines is 1. The van der Waals surface area contributed by atoms with Crippen LogP contribution in [0.5, 0.6) is 0 Å². The number of aromatic nitrogens is 1. The van der Waals surface area contributed by atoms with Gasteiger partial charge in [0.25, 0.3) is 0 Å². The van der Waals surface area contributed by atoms with E-state index in [1.165, 1.54) is 114 Å². The van der Waals surface area contributed by atoms with E-state index in [9.17, 15) is 9.59 Å². The van der Waals surface area contributed by atoms with Gasteiger partial charge in [0.15, 0.2) is 0 Å². The first-order valence-corrected chi connectivity index (χ1v) is 18.5. The first-order valence-electron chi connectivity index (χ1n) is 17.7. The molecule has 3 aromatic rings. The zero-order valence-electron chi connectivity index (χ0n) is 27.5. The van der Waals surface area contributed by atoms with Gasteiger partial charge < -0.3 is 9.88 Å². The third kappa shape index (κ3) is 5.72. The third-order valence-electron chi connectivity index (χ3n) is 12.2. The van der Waals surface area contributed by atoms with E-state index in [0.717, 1.165) is 31.8 Å². The van der Waals surface area contributed by atoms with Gasteiger partial charge in [0.05, 0.1) is 11.1 Å². The molecule has 1 saturated heterocycles. The monoisotopic (exact) mass is 612 g/mol. The Labute approximate surface area is 268 Å². The molecule has 3 heterocycles. The molecule has 3 saturated carbocycles. The standard InChI is InChI=1S/C39H52N2O2S/c1-24-19-25(2)21-30(20-24)36-31(16-11-26-7-9-27(10-8-26)22-34(42)41-17-5-6-18-41)32-23-33(44-38(32)40-36)39(3,4)37(43)35-28-12-13-29(35)15-14-28/h19-21,23,26-29,35,40H,5-18,22H2,1-4H3. The number of Topliss-reactive ketones (excluding diaryl/α,β-unsaturated/α-hetero) is 1. The number of aryl methyl sites for hydroxylation is 3. The van der Waals surface area contributed by atoms with Crippen molar-refractivity contribution in [3.63, 3.8) is 0 Å². The highest BCUT2D eigenvalue weighted by Crippen LogP contribution is 2.53. The van der Waals surface area contributed by atoms with Crippen LogP contribution in [0.1, 0.15) is 112 Å². The number of carbonyl (C=O) groups is 2. The second kappa shape index (κ2) is 12.1. The maximum atomic E-state index is 14.0. The van der Waals surface area contributed by atoms with Crippen molar-refractivity contribution >= 4 is 33.2 Å². The Morgan fingerprint density at radius 3 is 2.11 bits per heavy atom. The Morgan fingerprint density at radius 2 is 1.48 bits per heavy atom. The van der Waals surface area contributed by atoms with Crippen LogP contribution in [0.25, 0.3) is 21.5 Å². The molecule has 236 valence electrons. The van der Waals surface area contributed by atoms with E-state index >= 15 is 0 Å². The number of hydrogen-bond acceptors (Lipinski definition) is 3. The van der Waals surface area contributed by atoms with Gasteiger partial charge in [-0.1, -0.05) is 30.0 Å². The Morgan fingerprint density at radius 1 is 0.864 bits per heavy atom. The largest absolute Gasteiger partial charge is 0.346 e. The molecule has 0 spiro atoms. The summed E-state index contributed by atoms with van der Waals surface area (Å²) in [6.07, 6.45) is 15.2. The van der Waals surface area contributed by atoms with Crippen LogP contribution < -0.4 is 0 Å². The molecule has 3 aliphatic carbocycles. The summed E-state index contributed by atoms with van der Waals surface area (Å²) in [5.41, 5.74) is 6.14. The molecule has 1 aliphatic heterocycles.